The van der Waals surface area contributed by atoms with Gasteiger partial charge in [0.05, 0.1) is 11.9 Å². The number of carboxylic acid groups (broad SMARTS) is 1. The Morgan fingerprint density at radius 1 is 1.12 bits per heavy atom. The number of carbonyl (C=O) groups is 2. The van der Waals surface area contributed by atoms with Gasteiger partial charge in [-0.15, -0.1) is 0 Å². The van der Waals surface area contributed by atoms with Crippen LogP contribution in [-0.2, 0) is 4.74 Å². The van der Waals surface area contributed by atoms with E-state index in [1.165, 1.54) is 12.3 Å². The van der Waals surface area contributed by atoms with Crippen molar-refractivity contribution < 1.29 is 19.4 Å². The second-order valence-corrected chi connectivity index (χ2v) is 8.34. The number of allylic oxidation sites excluding steroid dienone is 5. The van der Waals surface area contributed by atoms with Gasteiger partial charge in [0, 0.05) is 19.3 Å². The molecule has 4 rings (SSSR count). The first kappa shape index (κ1) is 21.6. The van der Waals surface area contributed by atoms with E-state index >= 15 is 0 Å². The highest BCUT2D eigenvalue weighted by atomic mass is 16.5. The summed E-state index contributed by atoms with van der Waals surface area (Å²) >= 11 is 0. The molecular formula is C25H27N3O4. The summed E-state index contributed by atoms with van der Waals surface area (Å²) in [5.74, 6) is 0.484. The number of amides is 1. The standard InChI is InChI=1S/C25H27N3O4/c1-3-18(19-7-5-4-6-8-19)10-9-17(2)32-22-13-20-15-27(16-21(20)14-22)25(31)28-12-11-23(26-28)24(29)30/h3-12,20-22H,1,13-16H2,2H3,(H,29,30)/b17-9+,18-10+/t20-,21+,22+. The molecule has 2 fully saturated rings. The molecule has 0 spiro atoms. The molecule has 0 unspecified atom stereocenters. The molecule has 2 heterocycles. The van der Waals surface area contributed by atoms with Gasteiger partial charge in [-0.25, -0.2) is 9.59 Å². The van der Waals surface area contributed by atoms with Crippen LogP contribution in [-0.4, -0.2) is 51.0 Å². The minimum absolute atomic E-state index is 0.130. The highest BCUT2D eigenvalue weighted by molar-refractivity contribution is 5.86. The number of aromatic nitrogens is 2. The van der Waals surface area contributed by atoms with Crippen molar-refractivity contribution in [2.75, 3.05) is 13.1 Å². The number of ether oxygens (including phenoxy) is 1. The number of carboxylic acids is 1. The molecule has 0 radical (unpaired) electrons. The van der Waals surface area contributed by atoms with E-state index in [1.807, 2.05) is 43.4 Å². The van der Waals surface area contributed by atoms with Crippen molar-refractivity contribution in [3.63, 3.8) is 0 Å². The molecule has 0 bridgehead atoms. The lowest BCUT2D eigenvalue weighted by Gasteiger charge is -2.20. The number of benzene rings is 1. The van der Waals surface area contributed by atoms with Crippen LogP contribution in [0.2, 0.25) is 0 Å². The Labute approximate surface area is 187 Å². The quantitative estimate of drug-likeness (QED) is 0.537. The monoisotopic (exact) mass is 433 g/mol. The summed E-state index contributed by atoms with van der Waals surface area (Å²) in [5.41, 5.74) is 2.02. The molecule has 1 saturated carbocycles. The maximum atomic E-state index is 12.6. The summed E-state index contributed by atoms with van der Waals surface area (Å²) in [5, 5.41) is 12.8. The molecular weight excluding hydrogens is 406 g/mol. The van der Waals surface area contributed by atoms with Gasteiger partial charge < -0.3 is 14.7 Å². The summed E-state index contributed by atoms with van der Waals surface area (Å²) in [6.45, 7) is 7.15. The van der Waals surface area contributed by atoms with Crippen LogP contribution >= 0.6 is 0 Å². The fourth-order valence-electron chi connectivity index (χ4n) is 4.61. The smallest absolute Gasteiger partial charge is 0.356 e. The number of aromatic carboxylic acids is 1. The SMILES string of the molecule is C=C/C(=C\C=C(/C)O[C@H]1C[C@@H]2CN(C(=O)n3ccc(C(=O)O)n3)C[C@@H]2C1)c1ccccc1. The molecule has 1 aromatic carbocycles. The molecule has 7 heteroatoms. The van der Waals surface area contributed by atoms with Gasteiger partial charge in [0.25, 0.3) is 0 Å². The Balaban J connectivity index is 1.32. The molecule has 3 atom stereocenters. The maximum absolute atomic E-state index is 12.6. The number of nitrogens with zero attached hydrogens (tertiary/aromatic N) is 3. The van der Waals surface area contributed by atoms with Gasteiger partial charge in [-0.3, -0.25) is 0 Å². The second kappa shape index (κ2) is 9.26. The van der Waals surface area contributed by atoms with Gasteiger partial charge in [0.15, 0.2) is 5.69 Å². The van der Waals surface area contributed by atoms with Crippen molar-refractivity contribution in [2.24, 2.45) is 11.8 Å². The molecule has 1 amide bonds. The number of fused-ring (bicyclic) bond motifs is 1. The minimum Gasteiger partial charge on any atom is -0.495 e. The van der Waals surface area contributed by atoms with Crippen molar-refractivity contribution >= 4 is 17.6 Å². The molecule has 2 aromatic rings. The third-order valence-electron chi connectivity index (χ3n) is 6.16. The molecule has 2 aliphatic rings. The molecule has 1 saturated heterocycles. The Morgan fingerprint density at radius 3 is 2.41 bits per heavy atom. The van der Waals surface area contributed by atoms with E-state index in [2.05, 4.69) is 23.8 Å². The normalized spacial score (nSPS) is 23.2. The topological polar surface area (TPSA) is 84.7 Å². The summed E-state index contributed by atoms with van der Waals surface area (Å²) in [6.07, 6.45) is 9.17. The van der Waals surface area contributed by atoms with Gasteiger partial charge in [0.1, 0.15) is 0 Å². The number of carbonyl (C=O) groups excluding carboxylic acids is 1. The van der Waals surface area contributed by atoms with E-state index in [0.717, 1.165) is 34.4 Å². The highest BCUT2D eigenvalue weighted by Gasteiger charge is 2.43. The predicted octanol–water partition coefficient (Wildman–Crippen LogP) is 4.45. The third kappa shape index (κ3) is 4.66. The van der Waals surface area contributed by atoms with Crippen LogP contribution in [0.15, 0.2) is 73.2 Å². The van der Waals surface area contributed by atoms with Crippen LogP contribution < -0.4 is 0 Å². The Bertz CT molecular complexity index is 1060. The van der Waals surface area contributed by atoms with Crippen molar-refractivity contribution in [3.8, 4) is 0 Å². The average molecular weight is 434 g/mol. The fraction of sp³-hybridized carbons (Fsp3) is 0.320. The van der Waals surface area contributed by atoms with Crippen LogP contribution in [0.4, 0.5) is 4.79 Å². The van der Waals surface area contributed by atoms with E-state index < -0.39 is 5.97 Å². The molecule has 32 heavy (non-hydrogen) atoms. The first-order valence-electron chi connectivity index (χ1n) is 10.8. The second-order valence-electron chi connectivity index (χ2n) is 8.34. The number of rotatable bonds is 6. The fourth-order valence-corrected chi connectivity index (χ4v) is 4.61. The first-order chi connectivity index (χ1) is 15.4. The molecule has 1 aliphatic heterocycles. The van der Waals surface area contributed by atoms with Crippen LogP contribution in [0.25, 0.3) is 5.57 Å². The van der Waals surface area contributed by atoms with E-state index in [1.54, 1.807) is 4.90 Å². The van der Waals surface area contributed by atoms with Crippen molar-refractivity contribution in [1.29, 1.82) is 0 Å². The summed E-state index contributed by atoms with van der Waals surface area (Å²) in [6, 6.07) is 11.2. The molecule has 166 valence electrons. The van der Waals surface area contributed by atoms with E-state index in [-0.39, 0.29) is 17.8 Å². The Hall–Kier alpha value is -3.61. The van der Waals surface area contributed by atoms with Crippen molar-refractivity contribution in [1.82, 2.24) is 14.7 Å². The zero-order valence-electron chi connectivity index (χ0n) is 18.1. The Morgan fingerprint density at radius 2 is 1.81 bits per heavy atom. The molecule has 1 N–H and O–H groups in total. The van der Waals surface area contributed by atoms with E-state index in [4.69, 9.17) is 9.84 Å². The van der Waals surface area contributed by atoms with E-state index in [9.17, 15) is 9.59 Å². The van der Waals surface area contributed by atoms with Crippen LogP contribution in [0.3, 0.4) is 0 Å². The average Bonchev–Trinajstić information content (AvgIpc) is 3.49. The van der Waals surface area contributed by atoms with E-state index in [0.29, 0.717) is 24.9 Å². The molecule has 1 aromatic heterocycles. The number of hydrogen-bond donors (Lipinski definition) is 1. The number of likely N-dealkylation sites (tertiary alicyclic amines) is 1. The summed E-state index contributed by atoms with van der Waals surface area (Å²) in [7, 11) is 0. The van der Waals surface area contributed by atoms with Crippen molar-refractivity contribution in [2.45, 2.75) is 25.9 Å². The van der Waals surface area contributed by atoms with Crippen LogP contribution in [0.1, 0.15) is 35.8 Å². The minimum atomic E-state index is -1.14. The van der Waals surface area contributed by atoms with Gasteiger partial charge in [-0.2, -0.15) is 9.78 Å². The van der Waals surface area contributed by atoms with Gasteiger partial charge in [-0.05, 0) is 54.9 Å². The van der Waals surface area contributed by atoms with Crippen LogP contribution in [0, 0.1) is 11.8 Å². The molecule has 1 aliphatic carbocycles. The highest BCUT2D eigenvalue weighted by Crippen LogP contribution is 2.40. The lowest BCUT2D eigenvalue weighted by atomic mass is 10.0. The zero-order chi connectivity index (χ0) is 22.7. The third-order valence-corrected chi connectivity index (χ3v) is 6.16. The Kier molecular flexibility index (Phi) is 6.25. The predicted molar refractivity (Wildman–Crippen MR) is 121 cm³/mol. The summed E-state index contributed by atoms with van der Waals surface area (Å²) < 4.78 is 7.30. The van der Waals surface area contributed by atoms with Crippen molar-refractivity contribution in [3.05, 3.63) is 84.4 Å². The van der Waals surface area contributed by atoms with Gasteiger partial charge in [0.2, 0.25) is 0 Å². The zero-order valence-corrected chi connectivity index (χ0v) is 18.1. The lowest BCUT2D eigenvalue weighted by molar-refractivity contribution is 0.0689. The van der Waals surface area contributed by atoms with Gasteiger partial charge in [-0.1, -0.05) is 49.1 Å². The van der Waals surface area contributed by atoms with Crippen LogP contribution in [0.5, 0.6) is 0 Å². The number of hydrogen-bond acceptors (Lipinski definition) is 4. The maximum Gasteiger partial charge on any atom is 0.356 e. The largest absolute Gasteiger partial charge is 0.495 e. The van der Waals surface area contributed by atoms with Gasteiger partial charge >= 0.3 is 12.0 Å². The molecule has 7 nitrogen and oxygen atoms in total. The summed E-state index contributed by atoms with van der Waals surface area (Å²) in [4.78, 5) is 25.4. The lowest BCUT2D eigenvalue weighted by Crippen LogP contribution is -2.34. The first-order valence-corrected chi connectivity index (χ1v) is 10.8.